The molecule has 0 aliphatic rings. The molecule has 32 heavy (non-hydrogen) atoms. The molecule has 1 amide bonds. The summed E-state index contributed by atoms with van der Waals surface area (Å²) < 4.78 is 7.17. The zero-order valence-corrected chi connectivity index (χ0v) is 18.4. The van der Waals surface area contributed by atoms with Gasteiger partial charge in [-0.25, -0.2) is 9.97 Å². The molecule has 0 aliphatic heterocycles. The number of aromatic nitrogens is 8. The van der Waals surface area contributed by atoms with Gasteiger partial charge < -0.3 is 20.7 Å². The molecule has 4 aromatic rings. The number of hydrogen-bond donors (Lipinski definition) is 3. The molecule has 13 nitrogen and oxygen atoms in total. The number of methoxy groups -OCH3 is 1. The molecule has 0 aromatic carbocycles. The third kappa shape index (κ3) is 4.29. The molecular formula is C18H19N11O2S. The Bertz CT molecular complexity index is 1270. The molecule has 0 radical (unpaired) electrons. The summed E-state index contributed by atoms with van der Waals surface area (Å²) >= 11 is 1.37. The molecule has 0 fully saturated rings. The summed E-state index contributed by atoms with van der Waals surface area (Å²) in [5, 5.41) is 30.5. The number of hydrogen-bond acceptors (Lipinski definition) is 12. The van der Waals surface area contributed by atoms with Crippen molar-refractivity contribution in [2.45, 2.75) is 6.92 Å². The smallest absolute Gasteiger partial charge is 0.273 e. The summed E-state index contributed by atoms with van der Waals surface area (Å²) in [4.78, 5) is 21.0. The fourth-order valence-electron chi connectivity index (χ4n) is 2.80. The molecule has 4 aromatic heterocycles. The summed E-state index contributed by atoms with van der Waals surface area (Å²) in [7, 11) is 4.80. The second kappa shape index (κ2) is 8.89. The zero-order chi connectivity index (χ0) is 22.7. The maximum Gasteiger partial charge on any atom is 0.273 e. The van der Waals surface area contributed by atoms with Crippen molar-refractivity contribution in [1.29, 1.82) is 0 Å². The summed E-state index contributed by atoms with van der Waals surface area (Å²) in [5.41, 5.74) is 1.08. The molecule has 3 N–H and O–H groups in total. The van der Waals surface area contributed by atoms with Crippen LogP contribution in [0.4, 0.5) is 22.5 Å². The Balaban J connectivity index is 1.73. The Hall–Kier alpha value is -4.20. The number of anilines is 4. The van der Waals surface area contributed by atoms with Crippen molar-refractivity contribution < 1.29 is 9.53 Å². The van der Waals surface area contributed by atoms with Gasteiger partial charge in [0.1, 0.15) is 11.3 Å². The van der Waals surface area contributed by atoms with E-state index in [-0.39, 0.29) is 5.69 Å². The van der Waals surface area contributed by atoms with E-state index in [1.165, 1.54) is 25.5 Å². The monoisotopic (exact) mass is 453 g/mol. The Morgan fingerprint density at radius 3 is 2.66 bits per heavy atom. The lowest BCUT2D eigenvalue weighted by Gasteiger charge is -2.15. The lowest BCUT2D eigenvalue weighted by atomic mass is 10.2. The SMILES string of the molecule is CNC(=O)c1nnc(Nc2nnc(C)s2)cc1Nc1nccc(-c2ncn(C)n2)c1OC. The highest BCUT2D eigenvalue weighted by Gasteiger charge is 2.20. The van der Waals surface area contributed by atoms with E-state index in [0.717, 1.165) is 5.01 Å². The van der Waals surface area contributed by atoms with Gasteiger partial charge >= 0.3 is 0 Å². The summed E-state index contributed by atoms with van der Waals surface area (Å²) in [6.45, 7) is 1.84. The van der Waals surface area contributed by atoms with Crippen LogP contribution < -0.4 is 20.7 Å². The average Bonchev–Trinajstić information content (AvgIpc) is 3.41. The number of carbonyl (C=O) groups is 1. The van der Waals surface area contributed by atoms with Crippen molar-refractivity contribution in [1.82, 2.24) is 45.5 Å². The molecule has 0 unspecified atom stereocenters. The van der Waals surface area contributed by atoms with Gasteiger partial charge in [-0.15, -0.1) is 20.4 Å². The highest BCUT2D eigenvalue weighted by Crippen LogP contribution is 2.35. The predicted molar refractivity (Wildman–Crippen MR) is 117 cm³/mol. The molecule has 0 atom stereocenters. The Morgan fingerprint density at radius 2 is 2.00 bits per heavy atom. The molecule has 164 valence electrons. The lowest BCUT2D eigenvalue weighted by molar-refractivity contribution is 0.0958. The van der Waals surface area contributed by atoms with Gasteiger partial charge in [0.15, 0.2) is 28.9 Å². The van der Waals surface area contributed by atoms with E-state index in [0.29, 0.717) is 39.6 Å². The third-order valence-electron chi connectivity index (χ3n) is 4.20. The van der Waals surface area contributed by atoms with Crippen LogP contribution in [0.25, 0.3) is 11.4 Å². The van der Waals surface area contributed by atoms with Crippen LogP contribution in [0.1, 0.15) is 15.5 Å². The van der Waals surface area contributed by atoms with Crippen molar-refractivity contribution >= 4 is 39.7 Å². The van der Waals surface area contributed by atoms with Crippen molar-refractivity contribution in [3.8, 4) is 17.1 Å². The van der Waals surface area contributed by atoms with Gasteiger partial charge in [0, 0.05) is 26.4 Å². The Morgan fingerprint density at radius 1 is 1.16 bits per heavy atom. The van der Waals surface area contributed by atoms with Crippen LogP contribution in [0.3, 0.4) is 0 Å². The van der Waals surface area contributed by atoms with E-state index in [1.54, 1.807) is 36.4 Å². The minimum absolute atomic E-state index is 0.0803. The van der Waals surface area contributed by atoms with Crippen molar-refractivity contribution in [2.75, 3.05) is 24.8 Å². The molecular weight excluding hydrogens is 434 g/mol. The molecule has 0 aliphatic carbocycles. The summed E-state index contributed by atoms with van der Waals surface area (Å²) in [5.74, 6) is 1.20. The molecule has 0 saturated heterocycles. The zero-order valence-electron chi connectivity index (χ0n) is 17.6. The van der Waals surface area contributed by atoms with Crippen LogP contribution in [-0.4, -0.2) is 60.2 Å². The number of carbonyl (C=O) groups excluding carboxylic acids is 1. The first-order valence-electron chi connectivity index (χ1n) is 9.31. The van der Waals surface area contributed by atoms with Crippen LogP contribution in [-0.2, 0) is 7.05 Å². The molecule has 14 heteroatoms. The second-order valence-corrected chi connectivity index (χ2v) is 7.61. The minimum atomic E-state index is -0.417. The number of aryl methyl sites for hydroxylation is 2. The maximum atomic E-state index is 12.4. The first-order valence-corrected chi connectivity index (χ1v) is 10.1. The van der Waals surface area contributed by atoms with Gasteiger partial charge in [0.05, 0.1) is 18.4 Å². The van der Waals surface area contributed by atoms with Gasteiger partial charge in [0.2, 0.25) is 5.13 Å². The van der Waals surface area contributed by atoms with E-state index in [1.807, 2.05) is 6.92 Å². The molecule has 4 heterocycles. The Kier molecular flexibility index (Phi) is 5.85. The first-order chi connectivity index (χ1) is 15.5. The standard InChI is InChI=1S/C18H19N11O2S/c1-9-24-27-18(32-9)23-12-7-11(13(26-25-12)17(30)19-2)22-16-14(31-4)10(5-6-20-16)15-21-8-29(3)28-15/h5-8H,1-4H3,(H,19,30)(H2,20,22,23,25,27). The third-order valence-corrected chi connectivity index (χ3v) is 4.95. The number of ether oxygens (including phenoxy) is 1. The van der Waals surface area contributed by atoms with Gasteiger partial charge in [-0.3, -0.25) is 9.48 Å². The minimum Gasteiger partial charge on any atom is -0.492 e. The number of pyridine rings is 1. The number of rotatable bonds is 7. The first kappa shape index (κ1) is 21.0. The fourth-order valence-corrected chi connectivity index (χ4v) is 3.40. The van der Waals surface area contributed by atoms with Crippen molar-refractivity contribution in [2.24, 2.45) is 7.05 Å². The highest BCUT2D eigenvalue weighted by molar-refractivity contribution is 7.15. The van der Waals surface area contributed by atoms with E-state index in [4.69, 9.17) is 4.74 Å². The van der Waals surface area contributed by atoms with E-state index >= 15 is 0 Å². The topological polar surface area (TPSA) is 158 Å². The van der Waals surface area contributed by atoms with Crippen molar-refractivity contribution in [3.63, 3.8) is 0 Å². The quantitative estimate of drug-likeness (QED) is 0.374. The number of amides is 1. The van der Waals surface area contributed by atoms with Crippen LogP contribution in [0.15, 0.2) is 24.7 Å². The van der Waals surface area contributed by atoms with E-state index in [9.17, 15) is 4.79 Å². The second-order valence-electron chi connectivity index (χ2n) is 6.43. The van der Waals surface area contributed by atoms with Gasteiger partial charge in [-0.1, -0.05) is 11.3 Å². The van der Waals surface area contributed by atoms with Gasteiger partial charge in [-0.05, 0) is 13.0 Å². The average molecular weight is 453 g/mol. The number of nitrogens with one attached hydrogen (secondary N) is 3. The summed E-state index contributed by atoms with van der Waals surface area (Å²) in [6, 6.07) is 3.37. The number of nitrogens with zero attached hydrogens (tertiary/aromatic N) is 8. The van der Waals surface area contributed by atoms with Crippen molar-refractivity contribution in [3.05, 3.63) is 35.4 Å². The largest absolute Gasteiger partial charge is 0.492 e. The highest BCUT2D eigenvalue weighted by atomic mass is 32.1. The molecule has 0 saturated carbocycles. The normalized spacial score (nSPS) is 10.6. The van der Waals surface area contributed by atoms with E-state index in [2.05, 4.69) is 51.4 Å². The van der Waals surface area contributed by atoms with Crippen LogP contribution in [0.5, 0.6) is 5.75 Å². The van der Waals surface area contributed by atoms with Crippen LogP contribution in [0, 0.1) is 6.92 Å². The van der Waals surface area contributed by atoms with Gasteiger partial charge in [0.25, 0.3) is 5.91 Å². The molecule has 0 bridgehead atoms. The molecule has 4 rings (SSSR count). The summed E-state index contributed by atoms with van der Waals surface area (Å²) in [6.07, 6.45) is 3.18. The fraction of sp³-hybridized carbons (Fsp3) is 0.222. The van der Waals surface area contributed by atoms with Crippen LogP contribution in [0.2, 0.25) is 0 Å². The van der Waals surface area contributed by atoms with Gasteiger partial charge in [-0.2, -0.15) is 5.10 Å². The maximum absolute atomic E-state index is 12.4. The predicted octanol–water partition coefficient (Wildman–Crippen LogP) is 1.68. The lowest BCUT2D eigenvalue weighted by Crippen LogP contribution is -2.21. The Labute approximate surface area is 186 Å². The van der Waals surface area contributed by atoms with E-state index < -0.39 is 5.91 Å². The van der Waals surface area contributed by atoms with Crippen LogP contribution >= 0.6 is 11.3 Å². The molecule has 0 spiro atoms.